The summed E-state index contributed by atoms with van der Waals surface area (Å²) in [5, 5.41) is 11.5. The molecule has 8 heteroatoms. The molecule has 0 spiro atoms. The molecule has 47 heavy (non-hydrogen) atoms. The molecule has 0 radical (unpaired) electrons. The summed E-state index contributed by atoms with van der Waals surface area (Å²) < 4.78 is 17.0. The fourth-order valence-corrected chi connectivity index (χ4v) is 4.65. The van der Waals surface area contributed by atoms with Crippen molar-refractivity contribution in [2.75, 3.05) is 41.0 Å². The number of rotatable bonds is 30. The van der Waals surface area contributed by atoms with E-state index in [1.165, 1.54) is 12.8 Å². The lowest BCUT2D eigenvalue weighted by atomic mass is 10.1. The lowest BCUT2D eigenvalue weighted by Gasteiger charge is -2.34. The van der Waals surface area contributed by atoms with Crippen molar-refractivity contribution in [1.82, 2.24) is 0 Å². The molecule has 0 heterocycles. The van der Waals surface area contributed by atoms with E-state index in [-0.39, 0.29) is 42.7 Å². The third-order valence-corrected chi connectivity index (χ3v) is 7.48. The fraction of sp³-hybridized carbons (Fsp3) is 0.667. The normalized spacial score (nSPS) is 13.8. The molecule has 0 aromatic rings. The van der Waals surface area contributed by atoms with Gasteiger partial charge in [0, 0.05) is 19.3 Å². The minimum Gasteiger partial charge on any atom is -0.544 e. The largest absolute Gasteiger partial charge is 0.544 e. The first-order valence-corrected chi connectivity index (χ1v) is 17.9. The number of hydrogen-bond acceptors (Lipinski definition) is 7. The van der Waals surface area contributed by atoms with Gasteiger partial charge >= 0.3 is 11.9 Å². The van der Waals surface area contributed by atoms with Gasteiger partial charge in [-0.15, -0.1) is 0 Å². The summed E-state index contributed by atoms with van der Waals surface area (Å²) in [5.74, 6) is -1.82. The van der Waals surface area contributed by atoms with E-state index in [1.807, 2.05) is 36.5 Å². The number of esters is 2. The zero-order chi connectivity index (χ0) is 35.0. The van der Waals surface area contributed by atoms with Crippen molar-refractivity contribution in [3.05, 3.63) is 60.8 Å². The van der Waals surface area contributed by atoms with Gasteiger partial charge in [-0.25, -0.2) is 0 Å². The molecule has 0 saturated carbocycles. The summed E-state index contributed by atoms with van der Waals surface area (Å²) in [4.78, 5) is 36.5. The van der Waals surface area contributed by atoms with Crippen LogP contribution in [0.5, 0.6) is 0 Å². The Morgan fingerprint density at radius 3 is 1.83 bits per heavy atom. The zero-order valence-electron chi connectivity index (χ0n) is 30.2. The summed E-state index contributed by atoms with van der Waals surface area (Å²) in [7, 11) is 5.36. The maximum atomic E-state index is 12.6. The molecule has 0 aromatic heterocycles. The van der Waals surface area contributed by atoms with Gasteiger partial charge in [-0.05, 0) is 51.4 Å². The minimum atomic E-state index is -1.14. The molecule has 8 nitrogen and oxygen atoms in total. The molecule has 0 rings (SSSR count). The highest BCUT2D eigenvalue weighted by Crippen LogP contribution is 2.11. The van der Waals surface area contributed by atoms with Gasteiger partial charge in [0.15, 0.2) is 6.10 Å². The summed E-state index contributed by atoms with van der Waals surface area (Å²) in [6.07, 6.45) is 33.9. The summed E-state index contributed by atoms with van der Waals surface area (Å²) in [6.45, 7) is 4.38. The Morgan fingerprint density at radius 1 is 0.660 bits per heavy atom. The summed E-state index contributed by atoms with van der Waals surface area (Å²) >= 11 is 0. The number of carboxylic acid groups (broad SMARTS) is 1. The SMILES string of the molecule is CC/C=C/C=C/C=C/C=C/CCCCCC(=O)OCC(COCCC(C(=O)[O-])[N+](C)(C)C)OC(=O)CCCCCC/C=C/CCCC. The number of quaternary nitrogens is 1. The van der Waals surface area contributed by atoms with Gasteiger partial charge in [-0.1, -0.05) is 107 Å². The predicted molar refractivity (Wildman–Crippen MR) is 189 cm³/mol. The van der Waals surface area contributed by atoms with Crippen LogP contribution in [0, 0.1) is 0 Å². The lowest BCUT2D eigenvalue weighted by Crippen LogP contribution is -2.55. The highest BCUT2D eigenvalue weighted by molar-refractivity contribution is 5.70. The number of carboxylic acids is 1. The van der Waals surface area contributed by atoms with E-state index >= 15 is 0 Å². The first-order chi connectivity index (χ1) is 22.6. The quantitative estimate of drug-likeness (QED) is 0.0261. The van der Waals surface area contributed by atoms with Crippen LogP contribution in [0.3, 0.4) is 0 Å². The van der Waals surface area contributed by atoms with Crippen molar-refractivity contribution >= 4 is 17.9 Å². The molecule has 0 aromatic carbocycles. The van der Waals surface area contributed by atoms with Gasteiger partial charge in [0.25, 0.3) is 0 Å². The van der Waals surface area contributed by atoms with Crippen molar-refractivity contribution in [3.63, 3.8) is 0 Å². The van der Waals surface area contributed by atoms with Gasteiger partial charge in [0.2, 0.25) is 0 Å². The third-order valence-electron chi connectivity index (χ3n) is 7.48. The fourth-order valence-electron chi connectivity index (χ4n) is 4.65. The van der Waals surface area contributed by atoms with Crippen molar-refractivity contribution in [3.8, 4) is 0 Å². The molecule has 0 aliphatic rings. The first kappa shape index (κ1) is 44.0. The van der Waals surface area contributed by atoms with E-state index in [0.29, 0.717) is 12.8 Å². The summed E-state index contributed by atoms with van der Waals surface area (Å²) in [5.41, 5.74) is 0. The molecule has 0 aliphatic heterocycles. The van der Waals surface area contributed by atoms with E-state index in [9.17, 15) is 19.5 Å². The molecule has 0 amide bonds. The van der Waals surface area contributed by atoms with Crippen molar-refractivity contribution in [1.29, 1.82) is 0 Å². The van der Waals surface area contributed by atoms with Crippen LogP contribution in [0.15, 0.2) is 60.8 Å². The monoisotopic (exact) mass is 659 g/mol. The molecule has 0 saturated heterocycles. The van der Waals surface area contributed by atoms with E-state index in [4.69, 9.17) is 14.2 Å². The Balaban J connectivity index is 4.56. The minimum absolute atomic E-state index is 0.0201. The number of ether oxygens (including phenoxy) is 3. The molecule has 2 unspecified atom stereocenters. The molecule has 0 fully saturated rings. The number of carbonyl (C=O) groups is 3. The van der Waals surface area contributed by atoms with Crippen LogP contribution < -0.4 is 5.11 Å². The Bertz CT molecular complexity index is 959. The number of carbonyl (C=O) groups excluding carboxylic acids is 3. The van der Waals surface area contributed by atoms with Gasteiger partial charge in [-0.3, -0.25) is 9.59 Å². The number of allylic oxidation sites excluding steroid dienone is 10. The Hall–Kier alpha value is -2.97. The number of unbranched alkanes of at least 4 members (excludes halogenated alkanes) is 9. The van der Waals surface area contributed by atoms with Gasteiger partial charge < -0.3 is 28.6 Å². The Labute approximate surface area is 286 Å². The van der Waals surface area contributed by atoms with Crippen molar-refractivity contribution < 1.29 is 38.2 Å². The second-order valence-electron chi connectivity index (χ2n) is 12.8. The van der Waals surface area contributed by atoms with Gasteiger partial charge in [-0.2, -0.15) is 0 Å². The Morgan fingerprint density at radius 2 is 1.21 bits per heavy atom. The average Bonchev–Trinajstić information content (AvgIpc) is 3.01. The second kappa shape index (κ2) is 30.4. The van der Waals surface area contributed by atoms with E-state index < -0.39 is 18.1 Å². The molecule has 2 atom stereocenters. The van der Waals surface area contributed by atoms with Crippen LogP contribution in [-0.4, -0.2) is 75.5 Å². The van der Waals surface area contributed by atoms with Crippen molar-refractivity contribution in [2.45, 2.75) is 129 Å². The predicted octanol–water partition coefficient (Wildman–Crippen LogP) is 7.35. The van der Waals surface area contributed by atoms with Gasteiger partial charge in [0.1, 0.15) is 12.6 Å². The first-order valence-electron chi connectivity index (χ1n) is 17.9. The van der Waals surface area contributed by atoms with E-state index in [1.54, 1.807) is 21.1 Å². The van der Waals surface area contributed by atoms with Crippen molar-refractivity contribution in [2.24, 2.45) is 0 Å². The maximum absolute atomic E-state index is 12.6. The molecular weight excluding hydrogens is 594 g/mol. The number of nitrogens with zero attached hydrogens (tertiary/aromatic N) is 1. The molecule has 0 aliphatic carbocycles. The van der Waals surface area contributed by atoms with Crippen LogP contribution in [0.4, 0.5) is 0 Å². The van der Waals surface area contributed by atoms with Crippen LogP contribution in [0.1, 0.15) is 117 Å². The number of likely N-dealkylation sites (N-methyl/N-ethyl adjacent to an activating group) is 1. The second-order valence-corrected chi connectivity index (χ2v) is 12.8. The highest BCUT2D eigenvalue weighted by atomic mass is 16.6. The Kier molecular flexibility index (Phi) is 28.4. The average molecular weight is 660 g/mol. The number of aliphatic carboxylic acids is 1. The standard InChI is InChI=1S/C39H65NO7/c1-6-8-10-12-14-16-18-19-20-22-23-25-27-29-37(41)46-34-35(33-45-32-31-36(39(43)44)40(3,4)5)47-38(42)30-28-26-24-21-17-15-13-11-9-7-2/h8,10,12-16,18-20,35-36H,6-7,9,11,17,21-34H2,1-5H3/b10-8+,14-12+,15-13+,18-16+,20-19+. The van der Waals surface area contributed by atoms with Crippen LogP contribution in [0.2, 0.25) is 0 Å². The van der Waals surface area contributed by atoms with E-state index in [2.05, 4.69) is 38.2 Å². The highest BCUT2D eigenvalue weighted by Gasteiger charge is 2.25. The molecule has 268 valence electrons. The maximum Gasteiger partial charge on any atom is 0.306 e. The van der Waals surface area contributed by atoms with Gasteiger partial charge in [0.05, 0.1) is 40.3 Å². The smallest absolute Gasteiger partial charge is 0.306 e. The molecule has 0 bridgehead atoms. The topological polar surface area (TPSA) is 102 Å². The lowest BCUT2D eigenvalue weighted by molar-refractivity contribution is -0.889. The van der Waals surface area contributed by atoms with Crippen LogP contribution in [-0.2, 0) is 28.6 Å². The zero-order valence-corrected chi connectivity index (χ0v) is 30.2. The van der Waals surface area contributed by atoms with E-state index in [0.717, 1.165) is 70.6 Å². The van der Waals surface area contributed by atoms with Crippen LogP contribution >= 0.6 is 0 Å². The third kappa shape index (κ3) is 28.9. The van der Waals surface area contributed by atoms with Crippen LogP contribution in [0.25, 0.3) is 0 Å². The number of hydrogen-bond donors (Lipinski definition) is 0. The summed E-state index contributed by atoms with van der Waals surface area (Å²) in [6, 6.07) is -0.734. The molecule has 0 N–H and O–H groups in total. The molecular formula is C39H65NO7.